The Morgan fingerprint density at radius 3 is 2.94 bits per heavy atom. The van der Waals surface area contributed by atoms with Crippen LogP contribution in [0.25, 0.3) is 10.9 Å². The number of nitrogens with zero attached hydrogens (tertiary/aromatic N) is 1. The SMILES string of the molecule is CNC(CSC)c1cccc2ncccc12. The number of thioether (sulfide) groups is 1. The molecule has 2 aromatic rings. The van der Waals surface area contributed by atoms with Crippen molar-refractivity contribution < 1.29 is 0 Å². The van der Waals surface area contributed by atoms with E-state index >= 15 is 0 Å². The topological polar surface area (TPSA) is 24.9 Å². The van der Waals surface area contributed by atoms with E-state index in [1.165, 1.54) is 10.9 Å². The van der Waals surface area contributed by atoms with Crippen molar-refractivity contribution in [1.29, 1.82) is 0 Å². The van der Waals surface area contributed by atoms with Crippen LogP contribution in [0.15, 0.2) is 36.5 Å². The first-order valence-electron chi connectivity index (χ1n) is 5.36. The van der Waals surface area contributed by atoms with Gasteiger partial charge in [-0.15, -0.1) is 0 Å². The molecular weight excluding hydrogens is 216 g/mol. The van der Waals surface area contributed by atoms with Crippen LogP contribution in [0.2, 0.25) is 0 Å². The molecule has 0 spiro atoms. The summed E-state index contributed by atoms with van der Waals surface area (Å²) in [5.74, 6) is 1.07. The molecule has 0 fully saturated rings. The Morgan fingerprint density at radius 1 is 1.31 bits per heavy atom. The third-order valence-electron chi connectivity index (χ3n) is 2.74. The Morgan fingerprint density at radius 2 is 2.19 bits per heavy atom. The molecule has 1 unspecified atom stereocenters. The van der Waals surface area contributed by atoms with Gasteiger partial charge in [0.25, 0.3) is 0 Å². The molecule has 16 heavy (non-hydrogen) atoms. The number of hydrogen-bond acceptors (Lipinski definition) is 3. The van der Waals surface area contributed by atoms with Gasteiger partial charge in [0, 0.05) is 23.4 Å². The van der Waals surface area contributed by atoms with Gasteiger partial charge in [-0.25, -0.2) is 0 Å². The number of fused-ring (bicyclic) bond motifs is 1. The molecule has 2 rings (SSSR count). The van der Waals surface area contributed by atoms with E-state index in [9.17, 15) is 0 Å². The smallest absolute Gasteiger partial charge is 0.0705 e. The molecule has 1 atom stereocenters. The fourth-order valence-corrected chi connectivity index (χ4v) is 2.61. The van der Waals surface area contributed by atoms with Crippen molar-refractivity contribution in [1.82, 2.24) is 10.3 Å². The van der Waals surface area contributed by atoms with E-state index in [2.05, 4.69) is 40.8 Å². The third kappa shape index (κ3) is 2.20. The molecule has 0 aliphatic rings. The zero-order valence-electron chi connectivity index (χ0n) is 9.60. The highest BCUT2D eigenvalue weighted by Gasteiger charge is 2.11. The number of pyridine rings is 1. The average Bonchev–Trinajstić information content (AvgIpc) is 2.35. The predicted molar refractivity (Wildman–Crippen MR) is 71.9 cm³/mol. The second-order valence-electron chi connectivity index (χ2n) is 3.71. The summed E-state index contributed by atoms with van der Waals surface area (Å²) < 4.78 is 0. The van der Waals surface area contributed by atoms with Gasteiger partial charge in [-0.3, -0.25) is 4.98 Å². The molecule has 1 N–H and O–H groups in total. The molecule has 1 heterocycles. The van der Waals surface area contributed by atoms with E-state index < -0.39 is 0 Å². The van der Waals surface area contributed by atoms with Crippen molar-refractivity contribution in [2.24, 2.45) is 0 Å². The number of benzene rings is 1. The second-order valence-corrected chi connectivity index (χ2v) is 4.62. The minimum absolute atomic E-state index is 0.392. The molecule has 3 heteroatoms. The van der Waals surface area contributed by atoms with Crippen LogP contribution in [0, 0.1) is 0 Å². The molecule has 0 amide bonds. The summed E-state index contributed by atoms with van der Waals surface area (Å²) in [5.41, 5.74) is 2.41. The molecule has 1 aromatic heterocycles. The van der Waals surface area contributed by atoms with Crippen molar-refractivity contribution >= 4 is 22.7 Å². The van der Waals surface area contributed by atoms with Crippen LogP contribution < -0.4 is 5.32 Å². The van der Waals surface area contributed by atoms with Gasteiger partial charge in [0.15, 0.2) is 0 Å². The van der Waals surface area contributed by atoms with E-state index in [1.807, 2.05) is 31.1 Å². The summed E-state index contributed by atoms with van der Waals surface area (Å²) in [5, 5.41) is 4.61. The van der Waals surface area contributed by atoms with Gasteiger partial charge in [0.05, 0.1) is 5.52 Å². The molecule has 0 saturated heterocycles. The summed E-state index contributed by atoms with van der Waals surface area (Å²) in [6.45, 7) is 0. The van der Waals surface area contributed by atoms with E-state index in [1.54, 1.807) is 0 Å². The van der Waals surface area contributed by atoms with Crippen LogP contribution >= 0.6 is 11.8 Å². The summed E-state index contributed by atoms with van der Waals surface area (Å²) >= 11 is 1.85. The van der Waals surface area contributed by atoms with Gasteiger partial charge in [-0.1, -0.05) is 18.2 Å². The standard InChI is InChI=1S/C13H16N2S/c1-14-13(9-16-2)11-5-3-7-12-10(11)6-4-8-15-12/h3-8,13-14H,9H2,1-2H3. The average molecular weight is 232 g/mol. The molecule has 84 valence electrons. The summed E-state index contributed by atoms with van der Waals surface area (Å²) in [4.78, 5) is 4.38. The summed E-state index contributed by atoms with van der Waals surface area (Å²) in [6, 6.07) is 10.9. The van der Waals surface area contributed by atoms with Crippen LogP contribution in [0.4, 0.5) is 0 Å². The summed E-state index contributed by atoms with van der Waals surface area (Å²) in [6.07, 6.45) is 3.97. The van der Waals surface area contributed by atoms with Crippen LogP contribution in [0.1, 0.15) is 11.6 Å². The quantitative estimate of drug-likeness (QED) is 0.877. The Bertz CT molecular complexity index is 465. The number of nitrogens with one attached hydrogen (secondary N) is 1. The number of rotatable bonds is 4. The lowest BCUT2D eigenvalue weighted by Crippen LogP contribution is -2.18. The van der Waals surface area contributed by atoms with Crippen molar-refractivity contribution in [3.05, 3.63) is 42.1 Å². The van der Waals surface area contributed by atoms with Crippen molar-refractivity contribution in [3.63, 3.8) is 0 Å². The Labute approximate surface area is 100 Å². The fourth-order valence-electron chi connectivity index (χ4n) is 1.93. The second kappa shape index (κ2) is 5.32. The lowest BCUT2D eigenvalue weighted by Gasteiger charge is -2.17. The summed E-state index contributed by atoms with van der Waals surface area (Å²) in [7, 11) is 2.01. The van der Waals surface area contributed by atoms with Gasteiger partial charge < -0.3 is 5.32 Å². The number of aromatic nitrogens is 1. The van der Waals surface area contributed by atoms with E-state index in [0.29, 0.717) is 6.04 Å². The van der Waals surface area contributed by atoms with Gasteiger partial charge in [0.2, 0.25) is 0 Å². The maximum Gasteiger partial charge on any atom is 0.0705 e. The third-order valence-corrected chi connectivity index (χ3v) is 3.40. The van der Waals surface area contributed by atoms with Crippen LogP contribution in [0.3, 0.4) is 0 Å². The molecule has 2 nitrogen and oxygen atoms in total. The first-order valence-corrected chi connectivity index (χ1v) is 6.76. The van der Waals surface area contributed by atoms with Gasteiger partial charge >= 0.3 is 0 Å². The Balaban J connectivity index is 2.50. The highest BCUT2D eigenvalue weighted by molar-refractivity contribution is 7.98. The zero-order valence-corrected chi connectivity index (χ0v) is 10.4. The molecular formula is C13H16N2S. The van der Waals surface area contributed by atoms with Crippen LogP contribution in [0.5, 0.6) is 0 Å². The van der Waals surface area contributed by atoms with E-state index in [4.69, 9.17) is 0 Å². The van der Waals surface area contributed by atoms with Crippen LogP contribution in [-0.4, -0.2) is 24.0 Å². The normalized spacial score (nSPS) is 12.9. The van der Waals surface area contributed by atoms with Crippen LogP contribution in [-0.2, 0) is 0 Å². The molecule has 0 aliphatic carbocycles. The van der Waals surface area contributed by atoms with E-state index in [-0.39, 0.29) is 0 Å². The van der Waals surface area contributed by atoms with E-state index in [0.717, 1.165) is 11.3 Å². The maximum atomic E-state index is 4.38. The highest BCUT2D eigenvalue weighted by Crippen LogP contribution is 2.24. The molecule has 0 aliphatic heterocycles. The first-order chi connectivity index (χ1) is 7.86. The minimum atomic E-state index is 0.392. The van der Waals surface area contributed by atoms with Crippen molar-refractivity contribution in [3.8, 4) is 0 Å². The molecule has 0 bridgehead atoms. The first kappa shape index (κ1) is 11.4. The lowest BCUT2D eigenvalue weighted by molar-refractivity contribution is 0.667. The van der Waals surface area contributed by atoms with Crippen molar-refractivity contribution in [2.45, 2.75) is 6.04 Å². The minimum Gasteiger partial charge on any atom is -0.312 e. The monoisotopic (exact) mass is 232 g/mol. The predicted octanol–water partition coefficient (Wildman–Crippen LogP) is 2.86. The van der Waals surface area contributed by atoms with Gasteiger partial charge in [-0.05, 0) is 31.0 Å². The Hall–Kier alpha value is -1.06. The maximum absolute atomic E-state index is 4.38. The lowest BCUT2D eigenvalue weighted by atomic mass is 10.0. The Kier molecular flexibility index (Phi) is 3.80. The van der Waals surface area contributed by atoms with Crippen molar-refractivity contribution in [2.75, 3.05) is 19.1 Å². The number of hydrogen-bond donors (Lipinski definition) is 1. The molecule has 0 saturated carbocycles. The van der Waals surface area contributed by atoms with Gasteiger partial charge in [-0.2, -0.15) is 11.8 Å². The largest absolute Gasteiger partial charge is 0.312 e. The highest BCUT2D eigenvalue weighted by atomic mass is 32.2. The fraction of sp³-hybridized carbons (Fsp3) is 0.308. The molecule has 0 radical (unpaired) electrons. The molecule has 1 aromatic carbocycles. The zero-order chi connectivity index (χ0) is 11.4. The van der Waals surface area contributed by atoms with Gasteiger partial charge in [0.1, 0.15) is 0 Å².